The molecule has 0 unspecified atom stereocenters. The van der Waals surface area contributed by atoms with Crippen molar-refractivity contribution in [2.24, 2.45) is 45.5 Å². The molecule has 0 fully saturated rings. The fourth-order valence-corrected chi connectivity index (χ4v) is 4.92. The molecule has 46 heavy (non-hydrogen) atoms. The average molecular weight is 646 g/mol. The first-order valence-electron chi connectivity index (χ1n) is 19.0. The Morgan fingerprint density at radius 2 is 1.63 bits per heavy atom. The summed E-state index contributed by atoms with van der Waals surface area (Å²) in [5, 5.41) is 12.7. The number of unbranched alkanes of at least 4 members (excludes halogenated alkanes) is 1. The molecule has 0 aliphatic rings. The molecule has 4 atom stereocenters. The van der Waals surface area contributed by atoms with E-state index >= 15 is 0 Å². The monoisotopic (exact) mass is 645 g/mol. The van der Waals surface area contributed by atoms with Crippen LogP contribution in [0.3, 0.4) is 0 Å². The number of primary amides is 1. The van der Waals surface area contributed by atoms with Gasteiger partial charge in [-0.25, -0.2) is 0 Å². The van der Waals surface area contributed by atoms with E-state index in [0.717, 1.165) is 0 Å². The topological polar surface area (TPSA) is 243 Å². The Morgan fingerprint density at radius 3 is 2.22 bits per heavy atom. The van der Waals surface area contributed by atoms with E-state index in [1.807, 2.05) is 0 Å². The SMILES string of the molecule is [2H]c1c([2H])c([2H])c(C([2H])([2H])[C@]([2H])(CC(=O)[C@H](CCCCN)NC(=O)[C@@H](CC(=O)[C@H](N)CCCN=C(N)N)Cc2c(C)cc(O)cc2C)C(N)=O)c([2H])c1[2H]. The summed E-state index contributed by atoms with van der Waals surface area (Å²) in [5.74, 6) is -8.35. The van der Waals surface area contributed by atoms with E-state index in [4.69, 9.17) is 39.6 Å². The Morgan fingerprint density at radius 1 is 0.978 bits per heavy atom. The minimum absolute atomic E-state index is 0.00371. The summed E-state index contributed by atoms with van der Waals surface area (Å²) in [5.41, 5.74) is 28.9. The molecule has 0 saturated heterocycles. The largest absolute Gasteiger partial charge is 0.508 e. The molecule has 12 N–H and O–H groups in total. The van der Waals surface area contributed by atoms with Gasteiger partial charge >= 0.3 is 0 Å². The molecule has 12 nitrogen and oxygen atoms in total. The normalized spacial score (nSPS) is 17.1. The van der Waals surface area contributed by atoms with Gasteiger partial charge in [0.2, 0.25) is 11.8 Å². The van der Waals surface area contributed by atoms with Crippen LogP contribution in [0.15, 0.2) is 47.3 Å². The van der Waals surface area contributed by atoms with Gasteiger partial charge in [-0.05, 0) is 99.7 Å². The molecule has 252 valence electrons. The highest BCUT2D eigenvalue weighted by Crippen LogP contribution is 2.26. The van der Waals surface area contributed by atoms with Gasteiger partial charge in [-0.1, -0.05) is 30.2 Å². The first-order valence-corrected chi connectivity index (χ1v) is 15.0. The van der Waals surface area contributed by atoms with Gasteiger partial charge in [-0.3, -0.25) is 24.2 Å². The van der Waals surface area contributed by atoms with Crippen LogP contribution in [-0.2, 0) is 32.0 Å². The van der Waals surface area contributed by atoms with E-state index in [2.05, 4.69) is 10.3 Å². The van der Waals surface area contributed by atoms with Crippen LogP contribution in [0.1, 0.15) is 78.2 Å². The van der Waals surface area contributed by atoms with Crippen LogP contribution in [-0.4, -0.2) is 59.6 Å². The number of guanidine groups is 1. The van der Waals surface area contributed by atoms with Crippen molar-refractivity contribution in [3.63, 3.8) is 0 Å². The van der Waals surface area contributed by atoms with Crippen LogP contribution >= 0.6 is 0 Å². The van der Waals surface area contributed by atoms with Gasteiger partial charge < -0.3 is 39.1 Å². The molecule has 12 heteroatoms. The molecular weight excluding hydrogens is 586 g/mol. The first-order chi connectivity index (χ1) is 25.0. The number of aryl methyl sites for hydroxylation is 2. The van der Waals surface area contributed by atoms with Gasteiger partial charge in [0.1, 0.15) is 11.5 Å². The number of hydrogen-bond donors (Lipinski definition) is 7. The van der Waals surface area contributed by atoms with E-state index in [-0.39, 0.29) is 56.9 Å². The van der Waals surface area contributed by atoms with Gasteiger partial charge in [0.15, 0.2) is 11.7 Å². The predicted molar refractivity (Wildman–Crippen MR) is 180 cm³/mol. The Bertz CT molecular complexity index is 1710. The van der Waals surface area contributed by atoms with Gasteiger partial charge in [0.25, 0.3) is 0 Å². The van der Waals surface area contributed by atoms with Crippen LogP contribution in [0.5, 0.6) is 5.75 Å². The van der Waals surface area contributed by atoms with Crippen molar-refractivity contribution >= 4 is 29.3 Å². The standard InChI is InChI=1S/C34H51N7O5/c1-21-15-26(42)16-22(2)27(21)18-25(20-30(43)28(36)11-8-14-40-34(38)39)33(46)41-29(12-6-7-13-35)31(44)19-24(32(37)45)17-23-9-4-3-5-10-23/h3-5,9-10,15-16,24-25,28-29,42H,6-8,11-14,17-20,35-36H2,1-2H3,(H2,37,45)(H,41,46)(H4,38,39,40)/t24-,25-,28-,29+/m1/s1/i3D,4D,5D,9D,10D,17D2,24D. The number of benzene rings is 2. The zero-order valence-corrected chi connectivity index (χ0v) is 26.4. The Labute approximate surface area is 282 Å². The number of phenolic OH excluding ortho intramolecular Hbond substituents is 1. The summed E-state index contributed by atoms with van der Waals surface area (Å²) >= 11 is 0. The Hall–Kier alpha value is -4.29. The van der Waals surface area contributed by atoms with Gasteiger partial charge in [0, 0.05) is 35.3 Å². The summed E-state index contributed by atoms with van der Waals surface area (Å²) in [7, 11) is 0. The van der Waals surface area contributed by atoms with Crippen molar-refractivity contribution in [2.45, 2.75) is 83.7 Å². The number of aliphatic imine (C=N–C) groups is 1. The number of amides is 2. The molecule has 0 bridgehead atoms. The third kappa shape index (κ3) is 13.0. The summed E-state index contributed by atoms with van der Waals surface area (Å²) in [6.07, 6.45) is -3.85. The highest BCUT2D eigenvalue weighted by molar-refractivity contribution is 5.94. The first kappa shape index (κ1) is 26.9. The molecule has 0 aliphatic carbocycles. The molecular formula is C34H51N7O5. The summed E-state index contributed by atoms with van der Waals surface area (Å²) in [4.78, 5) is 58.2. The van der Waals surface area contributed by atoms with Crippen molar-refractivity contribution in [3.05, 3.63) is 64.6 Å². The lowest BCUT2D eigenvalue weighted by Gasteiger charge is -2.25. The zero-order valence-electron chi connectivity index (χ0n) is 34.4. The fraction of sp³-hybridized carbons (Fsp3) is 0.500. The number of carbonyl (C=O) groups excluding carboxylic acids is 4. The van der Waals surface area contributed by atoms with E-state index in [1.54, 1.807) is 13.8 Å². The lowest BCUT2D eigenvalue weighted by molar-refractivity contribution is -0.133. The number of rotatable bonds is 21. The molecule has 2 amide bonds. The highest BCUT2D eigenvalue weighted by Gasteiger charge is 2.31. The van der Waals surface area contributed by atoms with Crippen LogP contribution in [0, 0.1) is 25.7 Å². The lowest BCUT2D eigenvalue weighted by atomic mass is 9.86. The minimum atomic E-state index is -3.39. The van der Waals surface area contributed by atoms with Crippen LogP contribution in [0.4, 0.5) is 0 Å². The second-order valence-corrected chi connectivity index (χ2v) is 11.1. The number of Topliss-reactive ketones (excluding diaryl/α,β-unsaturated/α-hetero) is 2. The number of nitrogens with one attached hydrogen (secondary N) is 1. The van der Waals surface area contributed by atoms with Crippen molar-refractivity contribution in [3.8, 4) is 5.75 Å². The molecule has 2 aromatic carbocycles. The predicted octanol–water partition coefficient (Wildman–Crippen LogP) is 1.43. The molecule has 2 rings (SSSR count). The second-order valence-electron chi connectivity index (χ2n) is 11.1. The minimum Gasteiger partial charge on any atom is -0.508 e. The van der Waals surface area contributed by atoms with E-state index in [0.29, 0.717) is 29.5 Å². The molecule has 0 aliphatic heterocycles. The Balaban J connectivity index is 2.55. The highest BCUT2D eigenvalue weighted by atomic mass is 16.3. The third-order valence-corrected chi connectivity index (χ3v) is 7.41. The molecule has 0 heterocycles. The fourth-order valence-electron chi connectivity index (χ4n) is 4.92. The number of carbonyl (C=O) groups is 4. The summed E-state index contributed by atoms with van der Waals surface area (Å²) in [6.45, 7) is 3.87. The number of ketones is 2. The zero-order chi connectivity index (χ0) is 41.3. The number of phenols is 1. The number of nitrogens with two attached hydrogens (primary N) is 5. The second kappa shape index (κ2) is 19.3. The van der Waals surface area contributed by atoms with Gasteiger partial charge in [-0.2, -0.15) is 0 Å². The number of aromatic hydroxyl groups is 1. The molecule has 2 aromatic rings. The smallest absolute Gasteiger partial charge is 0.224 e. The van der Waals surface area contributed by atoms with Crippen molar-refractivity contribution < 1.29 is 35.3 Å². The van der Waals surface area contributed by atoms with Gasteiger partial charge in [0.05, 0.1) is 18.9 Å². The number of nitrogens with zero attached hydrogens (tertiary/aromatic N) is 1. The molecule has 0 aromatic heterocycles. The maximum atomic E-state index is 14.1. The van der Waals surface area contributed by atoms with E-state index in [1.165, 1.54) is 12.1 Å². The van der Waals surface area contributed by atoms with Crippen molar-refractivity contribution in [2.75, 3.05) is 13.1 Å². The van der Waals surface area contributed by atoms with Crippen molar-refractivity contribution in [1.29, 1.82) is 0 Å². The van der Waals surface area contributed by atoms with E-state index in [9.17, 15) is 24.3 Å². The van der Waals surface area contributed by atoms with E-state index < -0.39 is 95.8 Å². The maximum absolute atomic E-state index is 14.1. The Kier molecular flexibility index (Phi) is 11.3. The number of hydrogen-bond acceptors (Lipinski definition) is 8. The summed E-state index contributed by atoms with van der Waals surface area (Å²) < 4.78 is 66.7. The molecule has 0 saturated carbocycles. The quantitative estimate of drug-likeness (QED) is 0.0589. The van der Waals surface area contributed by atoms with Crippen LogP contribution in [0.2, 0.25) is 0 Å². The lowest BCUT2D eigenvalue weighted by Crippen LogP contribution is -2.46. The maximum Gasteiger partial charge on any atom is 0.224 e. The van der Waals surface area contributed by atoms with Gasteiger partial charge in [-0.15, -0.1) is 0 Å². The average Bonchev–Trinajstić information content (AvgIpc) is 3.08. The van der Waals surface area contributed by atoms with Crippen LogP contribution in [0.25, 0.3) is 0 Å². The third-order valence-electron chi connectivity index (χ3n) is 7.41. The molecule has 0 radical (unpaired) electrons. The molecule has 0 spiro atoms. The summed E-state index contributed by atoms with van der Waals surface area (Å²) in [6, 6.07) is -4.17. The van der Waals surface area contributed by atoms with Crippen LogP contribution < -0.4 is 34.0 Å². The van der Waals surface area contributed by atoms with Crippen molar-refractivity contribution in [1.82, 2.24) is 5.32 Å².